The number of aromatic nitrogens is 4. The van der Waals surface area contributed by atoms with Crippen LogP contribution in [-0.4, -0.2) is 25.5 Å². The van der Waals surface area contributed by atoms with E-state index in [-0.39, 0.29) is 11.7 Å². The van der Waals surface area contributed by atoms with Crippen molar-refractivity contribution in [3.05, 3.63) is 63.7 Å². The minimum absolute atomic E-state index is 0.162. The predicted octanol–water partition coefficient (Wildman–Crippen LogP) is 7.79. The fourth-order valence-electron chi connectivity index (χ4n) is 5.47. The SMILES string of the molecule is CCC(CC)n1c(Cc2cccs2)nc2cc(C(=O)C[C@H](Cc3noc(C4CC4)n3)CC(C)C)ccc21. The lowest BCUT2D eigenvalue weighted by molar-refractivity contribution is 0.0955. The van der Waals surface area contributed by atoms with Crippen LogP contribution >= 0.6 is 11.3 Å². The number of hydrogen-bond donors (Lipinski definition) is 0. The molecule has 6 nitrogen and oxygen atoms in total. The summed E-state index contributed by atoms with van der Waals surface area (Å²) in [6, 6.07) is 10.8. The van der Waals surface area contributed by atoms with E-state index in [0.29, 0.717) is 30.7 Å². The number of nitrogens with zero attached hydrogens (tertiary/aromatic N) is 4. The Balaban J connectivity index is 1.38. The summed E-state index contributed by atoms with van der Waals surface area (Å²) in [5.41, 5.74) is 2.77. The molecule has 37 heavy (non-hydrogen) atoms. The Morgan fingerprint density at radius 2 is 1.97 bits per heavy atom. The van der Waals surface area contributed by atoms with E-state index in [1.54, 1.807) is 11.3 Å². The van der Waals surface area contributed by atoms with Crippen LogP contribution in [0, 0.1) is 11.8 Å². The third kappa shape index (κ3) is 6.03. The molecule has 1 aliphatic rings. The van der Waals surface area contributed by atoms with Gasteiger partial charge >= 0.3 is 0 Å². The molecule has 0 aliphatic heterocycles. The standard InChI is InChI=1S/C30H38N4O2S/c1-5-23(6-2)34-26-12-11-22(17-25(26)31-29(34)18-24-8-7-13-37-24)27(35)15-20(14-19(3)4)16-28-32-30(36-33-28)21-9-10-21/h7-8,11-13,17,19-21,23H,5-6,9-10,14-16,18H2,1-4H3/t20-/m1/s1. The van der Waals surface area contributed by atoms with E-state index in [9.17, 15) is 4.79 Å². The van der Waals surface area contributed by atoms with Gasteiger partial charge in [0.2, 0.25) is 5.89 Å². The molecule has 3 heterocycles. The Bertz CT molecular complexity index is 1330. The molecule has 0 radical (unpaired) electrons. The summed E-state index contributed by atoms with van der Waals surface area (Å²) < 4.78 is 7.87. The van der Waals surface area contributed by atoms with Crippen molar-refractivity contribution >= 4 is 28.2 Å². The third-order valence-corrected chi connectivity index (χ3v) is 8.34. The Labute approximate surface area is 223 Å². The molecule has 0 spiro atoms. The van der Waals surface area contributed by atoms with Crippen molar-refractivity contribution in [2.75, 3.05) is 0 Å². The van der Waals surface area contributed by atoms with Crippen molar-refractivity contribution in [2.45, 2.75) is 91.0 Å². The summed E-state index contributed by atoms with van der Waals surface area (Å²) in [4.78, 5) is 24.5. The molecule has 1 aromatic carbocycles. The predicted molar refractivity (Wildman–Crippen MR) is 148 cm³/mol. The highest BCUT2D eigenvalue weighted by molar-refractivity contribution is 7.09. The van der Waals surface area contributed by atoms with Crippen LogP contribution in [0.4, 0.5) is 0 Å². The van der Waals surface area contributed by atoms with Gasteiger partial charge in [0.1, 0.15) is 5.82 Å². The van der Waals surface area contributed by atoms with Gasteiger partial charge in [-0.25, -0.2) is 4.98 Å². The number of carbonyl (C=O) groups is 1. The second-order valence-electron chi connectivity index (χ2n) is 11.0. The van der Waals surface area contributed by atoms with Crippen molar-refractivity contribution < 1.29 is 9.32 Å². The maximum absolute atomic E-state index is 13.5. The summed E-state index contributed by atoms with van der Waals surface area (Å²) in [5.74, 6) is 3.87. The molecule has 1 fully saturated rings. The van der Waals surface area contributed by atoms with E-state index in [2.05, 4.69) is 66.0 Å². The molecule has 4 aromatic rings. The van der Waals surface area contributed by atoms with Crippen LogP contribution in [0.15, 0.2) is 40.2 Å². The molecule has 5 rings (SSSR count). The topological polar surface area (TPSA) is 73.8 Å². The molecular formula is C30H38N4O2S. The average Bonchev–Trinajstić information content (AvgIpc) is 3.24. The number of hydrogen-bond acceptors (Lipinski definition) is 6. The first-order chi connectivity index (χ1) is 17.9. The Morgan fingerprint density at radius 3 is 2.65 bits per heavy atom. The zero-order chi connectivity index (χ0) is 25.9. The quantitative estimate of drug-likeness (QED) is 0.169. The highest BCUT2D eigenvalue weighted by atomic mass is 32.1. The fourth-order valence-corrected chi connectivity index (χ4v) is 6.17. The van der Waals surface area contributed by atoms with E-state index in [1.165, 1.54) is 4.88 Å². The maximum Gasteiger partial charge on any atom is 0.229 e. The van der Waals surface area contributed by atoms with Crippen molar-refractivity contribution in [1.82, 2.24) is 19.7 Å². The zero-order valence-electron chi connectivity index (χ0n) is 22.4. The van der Waals surface area contributed by atoms with Crippen LogP contribution in [0.2, 0.25) is 0 Å². The van der Waals surface area contributed by atoms with Crippen LogP contribution in [0.25, 0.3) is 11.0 Å². The van der Waals surface area contributed by atoms with Crippen molar-refractivity contribution in [3.8, 4) is 0 Å². The minimum Gasteiger partial charge on any atom is -0.339 e. The molecule has 1 atom stereocenters. The van der Waals surface area contributed by atoms with E-state index in [4.69, 9.17) is 9.51 Å². The van der Waals surface area contributed by atoms with Gasteiger partial charge in [-0.05, 0) is 73.6 Å². The van der Waals surface area contributed by atoms with E-state index in [1.807, 2.05) is 12.1 Å². The summed E-state index contributed by atoms with van der Waals surface area (Å²) in [5, 5.41) is 6.33. The van der Waals surface area contributed by atoms with Crippen LogP contribution in [0.5, 0.6) is 0 Å². The highest BCUT2D eigenvalue weighted by Gasteiger charge is 2.30. The lowest BCUT2D eigenvalue weighted by Crippen LogP contribution is -2.15. The van der Waals surface area contributed by atoms with Crippen LogP contribution in [0.1, 0.15) is 111 Å². The molecule has 196 valence electrons. The van der Waals surface area contributed by atoms with Gasteiger partial charge in [-0.1, -0.05) is 38.9 Å². The third-order valence-electron chi connectivity index (χ3n) is 7.47. The van der Waals surface area contributed by atoms with E-state index in [0.717, 1.165) is 72.7 Å². The van der Waals surface area contributed by atoms with Gasteiger partial charge in [0, 0.05) is 41.7 Å². The Hall–Kier alpha value is -2.80. The van der Waals surface area contributed by atoms with Crippen molar-refractivity contribution in [3.63, 3.8) is 0 Å². The van der Waals surface area contributed by atoms with Crippen LogP contribution in [-0.2, 0) is 12.8 Å². The van der Waals surface area contributed by atoms with Gasteiger partial charge in [0.15, 0.2) is 11.6 Å². The second kappa shape index (κ2) is 11.3. The smallest absolute Gasteiger partial charge is 0.229 e. The molecule has 0 bridgehead atoms. The largest absolute Gasteiger partial charge is 0.339 e. The first-order valence-corrected chi connectivity index (χ1v) is 14.7. The molecule has 0 unspecified atom stereocenters. The Kier molecular flexibility index (Phi) is 7.89. The van der Waals surface area contributed by atoms with Crippen LogP contribution < -0.4 is 0 Å². The lowest BCUT2D eigenvalue weighted by atomic mass is 9.88. The van der Waals surface area contributed by atoms with Gasteiger partial charge in [0.05, 0.1) is 11.0 Å². The fraction of sp³-hybridized carbons (Fsp3) is 0.533. The minimum atomic E-state index is 0.162. The molecule has 1 saturated carbocycles. The van der Waals surface area contributed by atoms with E-state index < -0.39 is 0 Å². The average molecular weight is 519 g/mol. The lowest BCUT2D eigenvalue weighted by Gasteiger charge is -2.19. The summed E-state index contributed by atoms with van der Waals surface area (Å²) in [6.45, 7) is 8.88. The molecular weight excluding hydrogens is 480 g/mol. The van der Waals surface area contributed by atoms with Gasteiger partial charge in [-0.15, -0.1) is 11.3 Å². The first-order valence-electron chi connectivity index (χ1n) is 13.8. The number of thiophene rings is 1. The molecule has 0 saturated heterocycles. The number of rotatable bonds is 13. The molecule has 0 N–H and O–H groups in total. The zero-order valence-corrected chi connectivity index (χ0v) is 23.3. The molecule has 1 aliphatic carbocycles. The number of ketones is 1. The summed E-state index contributed by atoms with van der Waals surface area (Å²) in [7, 11) is 0. The summed E-state index contributed by atoms with van der Waals surface area (Å²) in [6.07, 6.45) is 7.31. The van der Waals surface area contributed by atoms with Crippen LogP contribution in [0.3, 0.4) is 0 Å². The van der Waals surface area contributed by atoms with Crippen molar-refractivity contribution in [1.29, 1.82) is 0 Å². The monoisotopic (exact) mass is 518 g/mol. The molecule has 3 aromatic heterocycles. The maximum atomic E-state index is 13.5. The highest BCUT2D eigenvalue weighted by Crippen LogP contribution is 2.39. The van der Waals surface area contributed by atoms with Gasteiger partial charge in [0.25, 0.3) is 0 Å². The van der Waals surface area contributed by atoms with Gasteiger partial charge < -0.3 is 9.09 Å². The van der Waals surface area contributed by atoms with Gasteiger partial charge in [-0.3, -0.25) is 4.79 Å². The number of fused-ring (bicyclic) bond motifs is 1. The summed E-state index contributed by atoms with van der Waals surface area (Å²) >= 11 is 1.77. The first kappa shape index (κ1) is 25.8. The second-order valence-corrected chi connectivity index (χ2v) is 12.0. The Morgan fingerprint density at radius 1 is 1.16 bits per heavy atom. The van der Waals surface area contributed by atoms with Gasteiger partial charge in [-0.2, -0.15) is 4.98 Å². The number of imidazole rings is 1. The molecule has 0 amide bonds. The molecule has 7 heteroatoms. The number of Topliss-reactive ketones (excluding diaryl/α,β-unsaturated/α-hetero) is 1. The normalized spacial score (nSPS) is 14.8. The van der Waals surface area contributed by atoms with E-state index >= 15 is 0 Å². The van der Waals surface area contributed by atoms with Crippen molar-refractivity contribution in [2.24, 2.45) is 11.8 Å². The number of carbonyl (C=O) groups excluding carboxylic acids is 1. The number of benzene rings is 1.